The van der Waals surface area contributed by atoms with Crippen LogP contribution < -0.4 is 0 Å². The van der Waals surface area contributed by atoms with Gasteiger partial charge in [-0.05, 0) is 31.2 Å². The monoisotopic (exact) mass is 322 g/mol. The minimum Gasteiger partial charge on any atom is -0.478 e. The van der Waals surface area contributed by atoms with Crippen molar-refractivity contribution in [1.82, 2.24) is 14.8 Å². The predicted molar refractivity (Wildman–Crippen MR) is 83.2 cm³/mol. The van der Waals surface area contributed by atoms with E-state index in [1.165, 1.54) is 23.1 Å². The molecule has 0 amide bonds. The first-order valence-corrected chi connectivity index (χ1v) is 6.95. The van der Waals surface area contributed by atoms with E-state index in [-0.39, 0.29) is 22.6 Å². The number of carboxylic acid groups (broad SMARTS) is 1. The first-order valence-electron chi connectivity index (χ1n) is 6.95. The summed E-state index contributed by atoms with van der Waals surface area (Å²) < 4.78 is 15.3. The van der Waals surface area contributed by atoms with Crippen LogP contribution in [0.1, 0.15) is 21.6 Å². The van der Waals surface area contributed by atoms with Gasteiger partial charge in [0.2, 0.25) is 0 Å². The Kier molecular flexibility index (Phi) is 3.80. The van der Waals surface area contributed by atoms with Gasteiger partial charge in [0.1, 0.15) is 11.9 Å². The van der Waals surface area contributed by atoms with E-state index >= 15 is 0 Å². The number of pyridine rings is 1. The number of carboxylic acids is 1. The Morgan fingerprint density at radius 3 is 2.75 bits per heavy atom. The van der Waals surface area contributed by atoms with E-state index in [1.54, 1.807) is 24.3 Å². The zero-order chi connectivity index (χ0) is 17.3. The number of benzene rings is 1. The number of rotatable bonds is 3. The van der Waals surface area contributed by atoms with Crippen LogP contribution in [0, 0.1) is 24.1 Å². The number of hydrogen-bond donors (Lipinski definition) is 1. The molecule has 0 radical (unpaired) electrons. The highest BCUT2D eigenvalue weighted by molar-refractivity contribution is 5.87. The molecular weight excluding hydrogens is 311 g/mol. The fourth-order valence-electron chi connectivity index (χ4n) is 2.28. The highest BCUT2D eigenvalue weighted by Crippen LogP contribution is 2.27. The Bertz CT molecular complexity index is 988. The van der Waals surface area contributed by atoms with E-state index < -0.39 is 11.8 Å². The molecule has 3 rings (SSSR count). The molecule has 118 valence electrons. The van der Waals surface area contributed by atoms with Crippen molar-refractivity contribution in [2.75, 3.05) is 0 Å². The van der Waals surface area contributed by atoms with E-state index in [9.17, 15) is 14.4 Å². The number of aromatic carboxylic acids is 1. The van der Waals surface area contributed by atoms with Crippen molar-refractivity contribution >= 4 is 5.97 Å². The molecule has 0 spiro atoms. The average Bonchev–Trinajstić information content (AvgIpc) is 3.07. The summed E-state index contributed by atoms with van der Waals surface area (Å²) in [5.41, 5.74) is 1.55. The summed E-state index contributed by atoms with van der Waals surface area (Å²) >= 11 is 0. The maximum atomic E-state index is 14.1. The molecule has 1 aromatic carbocycles. The quantitative estimate of drug-likeness (QED) is 0.800. The van der Waals surface area contributed by atoms with Crippen molar-refractivity contribution in [1.29, 1.82) is 5.26 Å². The van der Waals surface area contributed by atoms with Gasteiger partial charge in [-0.25, -0.2) is 18.9 Å². The summed E-state index contributed by atoms with van der Waals surface area (Å²) in [6, 6.07) is 9.69. The fourth-order valence-corrected chi connectivity index (χ4v) is 2.28. The van der Waals surface area contributed by atoms with Gasteiger partial charge in [0.05, 0.1) is 11.8 Å². The van der Waals surface area contributed by atoms with E-state index in [4.69, 9.17) is 5.11 Å². The summed E-state index contributed by atoms with van der Waals surface area (Å²) in [6.07, 6.45) is 2.48. The molecule has 24 heavy (non-hydrogen) atoms. The zero-order valence-corrected chi connectivity index (χ0v) is 12.6. The third-order valence-electron chi connectivity index (χ3n) is 3.46. The highest BCUT2D eigenvalue weighted by atomic mass is 19.1. The minimum atomic E-state index is -1.11. The molecule has 0 fully saturated rings. The molecule has 0 bridgehead atoms. The predicted octanol–water partition coefficient (Wildman–Crippen LogP) is 2.95. The van der Waals surface area contributed by atoms with Crippen LogP contribution in [0.5, 0.6) is 0 Å². The van der Waals surface area contributed by atoms with Gasteiger partial charge in [-0.3, -0.25) is 0 Å². The van der Waals surface area contributed by atoms with Crippen LogP contribution in [0.3, 0.4) is 0 Å². The largest absolute Gasteiger partial charge is 0.478 e. The van der Waals surface area contributed by atoms with Crippen molar-refractivity contribution in [2.45, 2.75) is 6.92 Å². The van der Waals surface area contributed by atoms with Gasteiger partial charge in [-0.2, -0.15) is 10.4 Å². The molecular formula is C17H11FN4O2. The maximum absolute atomic E-state index is 14.1. The average molecular weight is 322 g/mol. The molecule has 0 saturated carbocycles. The Hall–Kier alpha value is -3.53. The third-order valence-corrected chi connectivity index (χ3v) is 3.46. The molecule has 3 aromatic rings. The van der Waals surface area contributed by atoms with Gasteiger partial charge in [-0.1, -0.05) is 11.6 Å². The minimum absolute atomic E-state index is 0.00381. The second-order valence-corrected chi connectivity index (χ2v) is 5.14. The SMILES string of the molecule is Cc1ccc(F)c(-c2ccc(-n3cc(C(=O)O)cn3)nc2C#N)c1. The molecule has 0 atom stereocenters. The van der Waals surface area contributed by atoms with Crippen LogP contribution in [0.15, 0.2) is 42.7 Å². The lowest BCUT2D eigenvalue weighted by atomic mass is 10.0. The third kappa shape index (κ3) is 2.73. The van der Waals surface area contributed by atoms with Crippen LogP contribution in [-0.4, -0.2) is 25.8 Å². The molecule has 2 aromatic heterocycles. The van der Waals surface area contributed by atoms with Crippen molar-refractivity contribution in [3.8, 4) is 23.0 Å². The van der Waals surface area contributed by atoms with E-state index in [0.717, 1.165) is 5.56 Å². The topological polar surface area (TPSA) is 91.8 Å². The lowest BCUT2D eigenvalue weighted by molar-refractivity contribution is 0.0697. The van der Waals surface area contributed by atoms with Crippen molar-refractivity contribution in [3.05, 3.63) is 65.4 Å². The van der Waals surface area contributed by atoms with Crippen LogP contribution in [0.4, 0.5) is 4.39 Å². The molecule has 0 aliphatic carbocycles. The lowest BCUT2D eigenvalue weighted by Gasteiger charge is -2.08. The second kappa shape index (κ2) is 5.93. The Morgan fingerprint density at radius 1 is 1.29 bits per heavy atom. The van der Waals surface area contributed by atoms with Crippen LogP contribution in [-0.2, 0) is 0 Å². The Balaban J connectivity index is 2.10. The second-order valence-electron chi connectivity index (χ2n) is 5.14. The lowest BCUT2D eigenvalue weighted by Crippen LogP contribution is -2.02. The zero-order valence-electron chi connectivity index (χ0n) is 12.6. The van der Waals surface area contributed by atoms with Gasteiger partial charge < -0.3 is 5.11 Å². The molecule has 0 aliphatic rings. The van der Waals surface area contributed by atoms with Crippen molar-refractivity contribution in [3.63, 3.8) is 0 Å². The number of carbonyl (C=O) groups is 1. The van der Waals surface area contributed by atoms with Crippen LogP contribution in [0.25, 0.3) is 16.9 Å². The molecule has 0 aliphatic heterocycles. The number of nitriles is 1. The van der Waals surface area contributed by atoms with Gasteiger partial charge in [0.25, 0.3) is 0 Å². The van der Waals surface area contributed by atoms with E-state index in [2.05, 4.69) is 10.1 Å². The summed E-state index contributed by atoms with van der Waals surface area (Å²) in [5, 5.41) is 22.2. The van der Waals surface area contributed by atoms with E-state index in [1.807, 2.05) is 13.0 Å². The summed E-state index contributed by atoms with van der Waals surface area (Å²) in [6.45, 7) is 1.83. The molecule has 2 heterocycles. The summed E-state index contributed by atoms with van der Waals surface area (Å²) in [4.78, 5) is 15.1. The first-order chi connectivity index (χ1) is 11.5. The maximum Gasteiger partial charge on any atom is 0.338 e. The van der Waals surface area contributed by atoms with Crippen molar-refractivity contribution < 1.29 is 14.3 Å². The molecule has 1 N–H and O–H groups in total. The van der Waals surface area contributed by atoms with E-state index in [0.29, 0.717) is 5.56 Å². The number of halogens is 1. The Labute approximate surface area is 136 Å². The molecule has 0 saturated heterocycles. The van der Waals surface area contributed by atoms with Crippen LogP contribution in [0.2, 0.25) is 0 Å². The highest BCUT2D eigenvalue weighted by Gasteiger charge is 2.14. The smallest absolute Gasteiger partial charge is 0.338 e. The van der Waals surface area contributed by atoms with Gasteiger partial charge in [0, 0.05) is 17.3 Å². The molecule has 6 nitrogen and oxygen atoms in total. The normalized spacial score (nSPS) is 10.4. The van der Waals surface area contributed by atoms with Gasteiger partial charge >= 0.3 is 5.97 Å². The number of nitrogens with zero attached hydrogens (tertiary/aromatic N) is 4. The van der Waals surface area contributed by atoms with Crippen LogP contribution >= 0.6 is 0 Å². The standard InChI is InChI=1S/C17H11FN4O2/c1-10-2-4-14(18)13(6-10)12-3-5-16(21-15(12)7-19)22-9-11(8-20-22)17(23)24/h2-6,8-9H,1H3,(H,23,24). The number of aryl methyl sites for hydroxylation is 1. The molecule has 0 unspecified atom stereocenters. The van der Waals surface area contributed by atoms with Gasteiger partial charge in [0.15, 0.2) is 11.5 Å². The summed E-state index contributed by atoms with van der Waals surface area (Å²) in [7, 11) is 0. The number of aromatic nitrogens is 3. The summed E-state index contributed by atoms with van der Waals surface area (Å²) in [5.74, 6) is -1.28. The first kappa shape index (κ1) is 15.4. The van der Waals surface area contributed by atoms with Gasteiger partial charge in [-0.15, -0.1) is 0 Å². The fraction of sp³-hybridized carbons (Fsp3) is 0.0588. The Morgan fingerprint density at radius 2 is 2.08 bits per heavy atom. The van der Waals surface area contributed by atoms with Crippen molar-refractivity contribution in [2.24, 2.45) is 0 Å². The number of hydrogen-bond acceptors (Lipinski definition) is 4. The molecule has 7 heteroatoms.